The molecule has 0 heterocycles. The summed E-state index contributed by atoms with van der Waals surface area (Å²) < 4.78 is 26.9. The van der Waals surface area contributed by atoms with Crippen LogP contribution in [-0.2, 0) is 14.8 Å². The Labute approximate surface area is 125 Å². The monoisotopic (exact) mass is 314 g/mol. The zero-order valence-electron chi connectivity index (χ0n) is 12.4. The normalized spacial score (nSPS) is 13.0. The van der Waals surface area contributed by atoms with Crippen molar-refractivity contribution in [1.29, 1.82) is 0 Å². The molecule has 0 aliphatic heterocycles. The van der Waals surface area contributed by atoms with Crippen molar-refractivity contribution >= 4 is 21.6 Å². The van der Waals surface area contributed by atoms with Crippen molar-refractivity contribution in [2.24, 2.45) is 11.8 Å². The summed E-state index contributed by atoms with van der Waals surface area (Å²) in [6.07, 6.45) is 0. The minimum Gasteiger partial charge on any atom is -0.354 e. The molecule has 0 spiro atoms. The lowest BCUT2D eigenvalue weighted by molar-refractivity contribution is -0.122. The highest BCUT2D eigenvalue weighted by atomic mass is 32.2. The molecule has 0 aromatic heterocycles. The third-order valence-corrected chi connectivity index (χ3v) is 4.34. The minimum atomic E-state index is -3.84. The van der Waals surface area contributed by atoms with Crippen molar-refractivity contribution in [2.75, 3.05) is 12.0 Å². The van der Waals surface area contributed by atoms with Crippen LogP contribution in [0.25, 0.3) is 0 Å². The molecular weight excluding hydrogens is 292 g/mol. The number of hydrogen-bond acceptors (Lipinski definition) is 5. The Hall–Kier alpha value is -1.64. The van der Waals surface area contributed by atoms with Crippen molar-refractivity contribution < 1.29 is 13.2 Å². The van der Waals surface area contributed by atoms with Crippen molar-refractivity contribution in [3.63, 3.8) is 0 Å². The molecule has 1 unspecified atom stereocenters. The second-order valence-electron chi connectivity index (χ2n) is 5.12. The van der Waals surface area contributed by atoms with E-state index in [1.807, 2.05) is 13.8 Å². The summed E-state index contributed by atoms with van der Waals surface area (Å²) in [7, 11) is -3.84. The molecule has 0 aliphatic carbocycles. The molecule has 0 bridgehead atoms. The molecule has 5 N–H and O–H groups in total. The zero-order chi connectivity index (χ0) is 16.0. The molecule has 118 valence electrons. The SMILES string of the molecule is CC(C)CNC(=O)C(C)NS(=O)(=O)c1ccccc1NN. The third-order valence-electron chi connectivity index (χ3n) is 2.74. The number of carbonyl (C=O) groups excluding carboxylic acids is 1. The van der Waals surface area contributed by atoms with Crippen molar-refractivity contribution in [3.05, 3.63) is 24.3 Å². The number of nitrogens with one attached hydrogen (secondary N) is 3. The topological polar surface area (TPSA) is 113 Å². The lowest BCUT2D eigenvalue weighted by atomic mass is 10.2. The van der Waals surface area contributed by atoms with Crippen LogP contribution in [0.15, 0.2) is 29.2 Å². The first kappa shape index (κ1) is 17.4. The highest BCUT2D eigenvalue weighted by Crippen LogP contribution is 2.19. The van der Waals surface area contributed by atoms with E-state index in [1.165, 1.54) is 19.1 Å². The largest absolute Gasteiger partial charge is 0.354 e. The Morgan fingerprint density at radius 3 is 2.43 bits per heavy atom. The van der Waals surface area contributed by atoms with E-state index >= 15 is 0 Å². The number of sulfonamides is 1. The maximum Gasteiger partial charge on any atom is 0.243 e. The number of hydrogen-bond donors (Lipinski definition) is 4. The van der Waals surface area contributed by atoms with Crippen LogP contribution in [0.4, 0.5) is 5.69 Å². The second kappa shape index (κ2) is 7.39. The van der Waals surface area contributed by atoms with Crippen LogP contribution in [0.3, 0.4) is 0 Å². The Morgan fingerprint density at radius 2 is 1.86 bits per heavy atom. The van der Waals surface area contributed by atoms with Gasteiger partial charge in [-0.1, -0.05) is 26.0 Å². The summed E-state index contributed by atoms with van der Waals surface area (Å²) >= 11 is 0. The van der Waals surface area contributed by atoms with Gasteiger partial charge in [-0.3, -0.25) is 10.6 Å². The predicted octanol–water partition coefficient (Wildman–Crippen LogP) is 0.411. The van der Waals surface area contributed by atoms with Crippen LogP contribution in [0, 0.1) is 5.92 Å². The predicted molar refractivity (Wildman–Crippen MR) is 81.9 cm³/mol. The lowest BCUT2D eigenvalue weighted by Gasteiger charge is -2.16. The first-order chi connectivity index (χ1) is 9.77. The molecule has 1 amide bonds. The summed E-state index contributed by atoms with van der Waals surface area (Å²) in [5, 5.41) is 2.68. The van der Waals surface area contributed by atoms with Crippen LogP contribution in [0.2, 0.25) is 0 Å². The average molecular weight is 314 g/mol. The van der Waals surface area contributed by atoms with Crippen molar-refractivity contribution in [3.8, 4) is 0 Å². The molecule has 0 fully saturated rings. The number of nitrogen functional groups attached to an aromatic ring is 1. The van der Waals surface area contributed by atoms with Gasteiger partial charge in [0, 0.05) is 6.54 Å². The Bertz CT molecular complexity index is 587. The number of carbonyl (C=O) groups is 1. The van der Waals surface area contributed by atoms with E-state index in [9.17, 15) is 13.2 Å². The summed E-state index contributed by atoms with van der Waals surface area (Å²) in [6, 6.07) is 5.32. The summed E-state index contributed by atoms with van der Waals surface area (Å²) in [5.41, 5.74) is 2.59. The maximum atomic E-state index is 12.3. The lowest BCUT2D eigenvalue weighted by Crippen LogP contribution is -2.45. The maximum absolute atomic E-state index is 12.3. The van der Waals surface area contributed by atoms with E-state index in [4.69, 9.17) is 5.84 Å². The Balaban J connectivity index is 2.83. The number of benzene rings is 1. The van der Waals surface area contributed by atoms with Gasteiger partial charge < -0.3 is 10.7 Å². The molecule has 0 saturated heterocycles. The highest BCUT2D eigenvalue weighted by molar-refractivity contribution is 7.89. The van der Waals surface area contributed by atoms with Gasteiger partial charge in [-0.25, -0.2) is 8.42 Å². The highest BCUT2D eigenvalue weighted by Gasteiger charge is 2.23. The van der Waals surface area contributed by atoms with Gasteiger partial charge in [-0.05, 0) is 25.0 Å². The molecule has 1 aromatic carbocycles. The standard InChI is InChI=1S/C13H22N4O3S/c1-9(2)8-15-13(18)10(3)17-21(19,20)12-7-5-4-6-11(12)16-14/h4-7,9-10,16-17H,8,14H2,1-3H3,(H,15,18). The number of anilines is 1. The molecule has 8 heteroatoms. The van der Waals surface area contributed by atoms with E-state index in [0.29, 0.717) is 12.5 Å². The van der Waals surface area contributed by atoms with Crippen LogP contribution in [0.1, 0.15) is 20.8 Å². The average Bonchev–Trinajstić information content (AvgIpc) is 2.44. The van der Waals surface area contributed by atoms with E-state index in [1.54, 1.807) is 12.1 Å². The first-order valence-corrected chi connectivity index (χ1v) is 8.12. The molecule has 0 radical (unpaired) electrons. The van der Waals surface area contributed by atoms with E-state index in [0.717, 1.165) is 0 Å². The molecular formula is C13H22N4O3S. The summed E-state index contributed by atoms with van der Waals surface area (Å²) in [5.74, 6) is 5.22. The van der Waals surface area contributed by atoms with Crippen LogP contribution in [-0.4, -0.2) is 26.9 Å². The fraction of sp³-hybridized carbons (Fsp3) is 0.462. The van der Waals surface area contributed by atoms with Gasteiger partial charge in [-0.15, -0.1) is 0 Å². The van der Waals surface area contributed by atoms with Gasteiger partial charge in [0.2, 0.25) is 15.9 Å². The first-order valence-electron chi connectivity index (χ1n) is 6.63. The van der Waals surface area contributed by atoms with Crippen LogP contribution >= 0.6 is 0 Å². The molecule has 0 aliphatic rings. The molecule has 7 nitrogen and oxygen atoms in total. The van der Waals surface area contributed by atoms with Crippen molar-refractivity contribution in [2.45, 2.75) is 31.7 Å². The quantitative estimate of drug-likeness (QED) is 0.430. The number of para-hydroxylation sites is 1. The van der Waals surface area contributed by atoms with E-state index in [-0.39, 0.29) is 16.5 Å². The van der Waals surface area contributed by atoms with Gasteiger partial charge in [0.25, 0.3) is 0 Å². The molecule has 1 rings (SSSR count). The van der Waals surface area contributed by atoms with Gasteiger partial charge in [-0.2, -0.15) is 4.72 Å². The van der Waals surface area contributed by atoms with Crippen molar-refractivity contribution in [1.82, 2.24) is 10.0 Å². The minimum absolute atomic E-state index is 0.00369. The molecule has 1 aromatic rings. The molecule has 1 atom stereocenters. The van der Waals surface area contributed by atoms with E-state index < -0.39 is 16.1 Å². The Kier molecular flexibility index (Phi) is 6.13. The van der Waals surface area contributed by atoms with Gasteiger partial charge in [0.05, 0.1) is 11.7 Å². The fourth-order valence-electron chi connectivity index (χ4n) is 1.63. The number of amides is 1. The van der Waals surface area contributed by atoms with Crippen LogP contribution in [0.5, 0.6) is 0 Å². The Morgan fingerprint density at radius 1 is 1.24 bits per heavy atom. The van der Waals surface area contributed by atoms with Crippen LogP contribution < -0.4 is 21.3 Å². The number of nitrogens with two attached hydrogens (primary N) is 1. The van der Waals surface area contributed by atoms with Gasteiger partial charge in [0.1, 0.15) is 4.90 Å². The zero-order valence-corrected chi connectivity index (χ0v) is 13.2. The smallest absolute Gasteiger partial charge is 0.243 e. The summed E-state index contributed by atoms with van der Waals surface area (Å²) in [4.78, 5) is 11.8. The molecule has 0 saturated carbocycles. The van der Waals surface area contributed by atoms with E-state index in [2.05, 4.69) is 15.5 Å². The fourth-order valence-corrected chi connectivity index (χ4v) is 3.00. The van der Waals surface area contributed by atoms with Gasteiger partial charge in [0.15, 0.2) is 0 Å². The number of rotatable bonds is 7. The third kappa shape index (κ3) is 5.00. The van der Waals surface area contributed by atoms with Gasteiger partial charge >= 0.3 is 0 Å². The second-order valence-corrected chi connectivity index (χ2v) is 6.80. The number of hydrazine groups is 1. The summed E-state index contributed by atoms with van der Waals surface area (Å²) in [6.45, 7) is 5.90. The molecule has 21 heavy (non-hydrogen) atoms.